The second-order valence-corrected chi connectivity index (χ2v) is 3.89. The Hall–Kier alpha value is -0.780. The summed E-state index contributed by atoms with van der Waals surface area (Å²) in [7, 11) is 0. The predicted octanol–water partition coefficient (Wildman–Crippen LogP) is 3.67. The third kappa shape index (κ3) is 2.07. The summed E-state index contributed by atoms with van der Waals surface area (Å²) in [6, 6.07) is 4.27. The van der Waals surface area contributed by atoms with Crippen molar-refractivity contribution in [2.75, 3.05) is 0 Å². The standard InChI is InChI=1S/C10H12S/c1-4-5-9-6-7-10(11-9)8(2)3/h5-8H,1H2,2-3H3. The largest absolute Gasteiger partial charge is 0.140 e. The molecule has 1 heterocycles. The van der Waals surface area contributed by atoms with Gasteiger partial charge in [0.1, 0.15) is 0 Å². The first-order valence-electron chi connectivity index (χ1n) is 3.69. The van der Waals surface area contributed by atoms with Crippen molar-refractivity contribution in [1.29, 1.82) is 0 Å². The average molecular weight is 164 g/mol. The molecular weight excluding hydrogens is 152 g/mol. The molecule has 0 nitrogen and oxygen atoms in total. The van der Waals surface area contributed by atoms with Crippen LogP contribution in [0, 0.1) is 0 Å². The Morgan fingerprint density at radius 1 is 1.55 bits per heavy atom. The molecule has 1 aromatic heterocycles. The number of hydrogen-bond acceptors (Lipinski definition) is 1. The fourth-order valence-corrected chi connectivity index (χ4v) is 1.78. The predicted molar refractivity (Wildman–Crippen MR) is 52.0 cm³/mol. The molecule has 0 saturated carbocycles. The normalized spacial score (nSPS) is 9.73. The molecule has 0 bridgehead atoms. The van der Waals surface area contributed by atoms with Crippen LogP contribution in [0.25, 0.3) is 6.08 Å². The molecule has 0 fully saturated rings. The molecule has 1 rings (SSSR count). The Bertz CT molecular complexity index is 275. The van der Waals surface area contributed by atoms with Gasteiger partial charge in [0.15, 0.2) is 0 Å². The van der Waals surface area contributed by atoms with Crippen molar-refractivity contribution in [3.05, 3.63) is 34.2 Å². The highest BCUT2D eigenvalue weighted by atomic mass is 32.1. The molecule has 0 aliphatic carbocycles. The molecule has 1 heteroatoms. The highest BCUT2D eigenvalue weighted by Crippen LogP contribution is 2.24. The summed E-state index contributed by atoms with van der Waals surface area (Å²) >= 11 is 1.81. The monoisotopic (exact) mass is 164 g/mol. The van der Waals surface area contributed by atoms with Crippen LogP contribution in [0.5, 0.6) is 0 Å². The van der Waals surface area contributed by atoms with Crippen LogP contribution in [0.3, 0.4) is 0 Å². The summed E-state index contributed by atoms with van der Waals surface area (Å²) < 4.78 is 0. The van der Waals surface area contributed by atoms with E-state index in [0.29, 0.717) is 5.92 Å². The Balaban J connectivity index is 2.90. The zero-order valence-electron chi connectivity index (χ0n) is 6.92. The van der Waals surface area contributed by atoms with Gasteiger partial charge in [-0.1, -0.05) is 20.4 Å². The number of rotatable bonds is 2. The third-order valence-corrected chi connectivity index (χ3v) is 2.79. The van der Waals surface area contributed by atoms with Crippen molar-refractivity contribution in [3.8, 4) is 0 Å². The second kappa shape index (κ2) is 3.56. The van der Waals surface area contributed by atoms with Crippen molar-refractivity contribution in [3.63, 3.8) is 0 Å². The van der Waals surface area contributed by atoms with Gasteiger partial charge in [0.2, 0.25) is 0 Å². The molecule has 0 saturated heterocycles. The molecule has 1 aromatic rings. The summed E-state index contributed by atoms with van der Waals surface area (Å²) in [5.41, 5.74) is 2.77. The van der Waals surface area contributed by atoms with Crippen molar-refractivity contribution in [2.45, 2.75) is 19.8 Å². The van der Waals surface area contributed by atoms with Gasteiger partial charge in [-0.05, 0) is 24.1 Å². The lowest BCUT2D eigenvalue weighted by atomic mass is 10.2. The number of hydrogen-bond donors (Lipinski definition) is 0. The van der Waals surface area contributed by atoms with Gasteiger partial charge in [0.05, 0.1) is 0 Å². The molecule has 0 aromatic carbocycles. The molecular formula is C10H12S. The van der Waals surface area contributed by atoms with Gasteiger partial charge in [0.25, 0.3) is 0 Å². The van der Waals surface area contributed by atoms with Crippen LogP contribution in [0.4, 0.5) is 0 Å². The zero-order valence-corrected chi connectivity index (χ0v) is 7.74. The molecule has 0 spiro atoms. The lowest BCUT2D eigenvalue weighted by Gasteiger charge is -1.96. The van der Waals surface area contributed by atoms with E-state index in [2.05, 4.69) is 38.3 Å². The quantitative estimate of drug-likeness (QED) is 0.585. The molecule has 0 atom stereocenters. The molecule has 0 N–H and O–H groups in total. The van der Waals surface area contributed by atoms with Crippen molar-refractivity contribution < 1.29 is 0 Å². The van der Waals surface area contributed by atoms with E-state index in [9.17, 15) is 0 Å². The maximum Gasteiger partial charge on any atom is 0.0350 e. The van der Waals surface area contributed by atoms with Gasteiger partial charge in [-0.2, -0.15) is 0 Å². The first-order valence-corrected chi connectivity index (χ1v) is 4.51. The second-order valence-electron chi connectivity index (χ2n) is 2.74. The molecule has 11 heavy (non-hydrogen) atoms. The minimum Gasteiger partial charge on any atom is -0.140 e. The summed E-state index contributed by atoms with van der Waals surface area (Å²) in [5.74, 6) is 0.631. The minimum absolute atomic E-state index is 0.631. The van der Waals surface area contributed by atoms with E-state index in [-0.39, 0.29) is 0 Å². The lowest BCUT2D eigenvalue weighted by molar-refractivity contribution is 0.890. The van der Waals surface area contributed by atoms with E-state index >= 15 is 0 Å². The molecule has 0 amide bonds. The number of thiophene rings is 1. The van der Waals surface area contributed by atoms with Crippen molar-refractivity contribution in [2.24, 2.45) is 0 Å². The van der Waals surface area contributed by atoms with Crippen LogP contribution in [0.1, 0.15) is 29.5 Å². The highest BCUT2D eigenvalue weighted by Gasteiger charge is 2.00. The van der Waals surface area contributed by atoms with Crippen LogP contribution in [-0.2, 0) is 0 Å². The Kier molecular flexibility index (Phi) is 2.70. The van der Waals surface area contributed by atoms with E-state index in [4.69, 9.17) is 0 Å². The highest BCUT2D eigenvalue weighted by molar-refractivity contribution is 7.12. The molecule has 0 unspecified atom stereocenters. The van der Waals surface area contributed by atoms with Crippen LogP contribution in [-0.4, -0.2) is 0 Å². The molecule has 0 radical (unpaired) electrons. The Labute approximate surface area is 71.9 Å². The zero-order chi connectivity index (χ0) is 8.27. The maximum absolute atomic E-state index is 3.54. The molecule has 58 valence electrons. The van der Waals surface area contributed by atoms with Gasteiger partial charge in [-0.3, -0.25) is 0 Å². The minimum atomic E-state index is 0.631. The van der Waals surface area contributed by atoms with Gasteiger partial charge >= 0.3 is 0 Å². The van der Waals surface area contributed by atoms with Crippen LogP contribution in [0.15, 0.2) is 24.4 Å². The summed E-state index contributed by atoms with van der Waals surface area (Å²) in [4.78, 5) is 2.66. The SMILES string of the molecule is C=C=Cc1ccc(C(C)C)s1. The van der Waals surface area contributed by atoms with Gasteiger partial charge in [-0.25, -0.2) is 0 Å². The van der Waals surface area contributed by atoms with E-state index in [1.807, 2.05) is 17.4 Å². The summed E-state index contributed by atoms with van der Waals surface area (Å²) in [6.07, 6.45) is 1.91. The summed E-state index contributed by atoms with van der Waals surface area (Å²) in [5, 5.41) is 0. The molecule has 0 aliphatic heterocycles. The van der Waals surface area contributed by atoms with Crippen LogP contribution >= 0.6 is 11.3 Å². The Morgan fingerprint density at radius 2 is 2.27 bits per heavy atom. The van der Waals surface area contributed by atoms with Gasteiger partial charge in [0, 0.05) is 9.75 Å². The van der Waals surface area contributed by atoms with Gasteiger partial charge in [-0.15, -0.1) is 17.1 Å². The van der Waals surface area contributed by atoms with Crippen molar-refractivity contribution in [1.82, 2.24) is 0 Å². The first kappa shape index (κ1) is 8.32. The van der Waals surface area contributed by atoms with Crippen LogP contribution < -0.4 is 0 Å². The van der Waals surface area contributed by atoms with E-state index < -0.39 is 0 Å². The smallest absolute Gasteiger partial charge is 0.0350 e. The third-order valence-electron chi connectivity index (χ3n) is 1.46. The van der Waals surface area contributed by atoms with E-state index in [1.165, 1.54) is 9.75 Å². The van der Waals surface area contributed by atoms with Gasteiger partial charge < -0.3 is 0 Å². The molecule has 0 aliphatic rings. The van der Waals surface area contributed by atoms with E-state index in [0.717, 1.165) is 0 Å². The average Bonchev–Trinajstić information content (AvgIpc) is 2.37. The Morgan fingerprint density at radius 3 is 2.73 bits per heavy atom. The van der Waals surface area contributed by atoms with Crippen LogP contribution in [0.2, 0.25) is 0 Å². The van der Waals surface area contributed by atoms with E-state index in [1.54, 1.807) is 0 Å². The fraction of sp³-hybridized carbons (Fsp3) is 0.300. The van der Waals surface area contributed by atoms with Crippen molar-refractivity contribution >= 4 is 17.4 Å². The fourth-order valence-electron chi connectivity index (χ4n) is 0.857. The topological polar surface area (TPSA) is 0 Å². The maximum atomic E-state index is 3.54. The first-order chi connectivity index (χ1) is 5.24. The summed E-state index contributed by atoms with van der Waals surface area (Å²) in [6.45, 7) is 7.94. The lowest BCUT2D eigenvalue weighted by Crippen LogP contribution is -1.77.